The number of dihydropyridines is 1. The van der Waals surface area contributed by atoms with Gasteiger partial charge >= 0.3 is 0 Å². The third kappa shape index (κ3) is 1.81. The molecule has 0 aliphatic carbocycles. The van der Waals surface area contributed by atoms with Crippen LogP contribution in [0.4, 0.5) is 0 Å². The van der Waals surface area contributed by atoms with Gasteiger partial charge in [-0.3, -0.25) is 4.79 Å². The topological polar surface area (TPSA) is 38.3 Å². The predicted molar refractivity (Wildman–Crippen MR) is 50.2 cm³/mol. The molecule has 0 spiro atoms. The van der Waals surface area contributed by atoms with Crippen molar-refractivity contribution in [1.82, 2.24) is 5.32 Å². The number of carbonyl (C=O) groups is 1. The smallest absolute Gasteiger partial charge is 0.157 e. The summed E-state index contributed by atoms with van der Waals surface area (Å²) in [6.07, 6.45) is 4.12. The molecule has 1 heterocycles. The number of nitrogens with one attached hydrogen (secondary N) is 1. The molecule has 1 aliphatic rings. The Hall–Kier alpha value is -0.360. The van der Waals surface area contributed by atoms with Crippen LogP contribution in [0.2, 0.25) is 0 Å². The maximum Gasteiger partial charge on any atom is 0.157 e. The summed E-state index contributed by atoms with van der Waals surface area (Å²) in [6, 6.07) is 0. The molecule has 0 bridgehead atoms. The van der Waals surface area contributed by atoms with Gasteiger partial charge in [0.2, 0.25) is 0 Å². The summed E-state index contributed by atoms with van der Waals surface area (Å²) < 4.78 is 5.93. The van der Waals surface area contributed by atoms with Gasteiger partial charge in [-0.15, -0.1) is 0 Å². The lowest BCUT2D eigenvalue weighted by atomic mass is 10.2. The second-order valence-electron chi connectivity index (χ2n) is 2.04. The van der Waals surface area contributed by atoms with Crippen LogP contribution >= 0.6 is 22.6 Å². The average molecular weight is 265 g/mol. The summed E-state index contributed by atoms with van der Waals surface area (Å²) in [5.74, 6) is 0. The second kappa shape index (κ2) is 3.87. The summed E-state index contributed by atoms with van der Waals surface area (Å²) in [6.45, 7) is 0. The summed E-state index contributed by atoms with van der Waals surface area (Å²) in [4.78, 5) is 10.5. The number of methoxy groups -OCH3 is 1. The van der Waals surface area contributed by atoms with Gasteiger partial charge in [0.1, 0.15) is 0 Å². The van der Waals surface area contributed by atoms with Gasteiger partial charge in [0, 0.05) is 10.7 Å². The lowest BCUT2D eigenvalue weighted by Crippen LogP contribution is -2.31. The van der Waals surface area contributed by atoms with Gasteiger partial charge in [-0.2, -0.15) is 0 Å². The van der Waals surface area contributed by atoms with Gasteiger partial charge in [-0.25, -0.2) is 0 Å². The molecular weight excluding hydrogens is 257 g/mol. The van der Waals surface area contributed by atoms with E-state index in [2.05, 4.69) is 27.9 Å². The molecule has 0 saturated heterocycles. The van der Waals surface area contributed by atoms with E-state index < -0.39 is 0 Å². The van der Waals surface area contributed by atoms with Crippen molar-refractivity contribution in [3.8, 4) is 0 Å². The molecule has 3 nitrogen and oxygen atoms in total. The molecule has 60 valence electrons. The first-order valence-electron chi connectivity index (χ1n) is 3.10. The van der Waals surface area contributed by atoms with Crippen LogP contribution < -0.4 is 5.32 Å². The summed E-state index contributed by atoms with van der Waals surface area (Å²) in [5, 5.41) is 2.90. The van der Waals surface area contributed by atoms with Crippen LogP contribution in [0.5, 0.6) is 0 Å². The highest BCUT2D eigenvalue weighted by Gasteiger charge is 2.16. The molecule has 0 aromatic heterocycles. The van der Waals surface area contributed by atoms with E-state index >= 15 is 0 Å². The van der Waals surface area contributed by atoms with Gasteiger partial charge in [-0.1, -0.05) is 0 Å². The van der Waals surface area contributed by atoms with E-state index in [4.69, 9.17) is 4.74 Å². The highest BCUT2D eigenvalue weighted by atomic mass is 127. The van der Waals surface area contributed by atoms with Gasteiger partial charge < -0.3 is 10.1 Å². The lowest BCUT2D eigenvalue weighted by Gasteiger charge is -2.19. The molecule has 0 radical (unpaired) electrons. The van der Waals surface area contributed by atoms with Crippen LogP contribution in [0.1, 0.15) is 0 Å². The Kier molecular flexibility index (Phi) is 3.07. The van der Waals surface area contributed by atoms with Crippen molar-refractivity contribution >= 4 is 28.9 Å². The van der Waals surface area contributed by atoms with Crippen LogP contribution in [0.25, 0.3) is 0 Å². The largest absolute Gasteiger partial charge is 0.362 e. The van der Waals surface area contributed by atoms with E-state index in [1.54, 1.807) is 13.3 Å². The first-order chi connectivity index (χ1) is 5.29. The lowest BCUT2D eigenvalue weighted by molar-refractivity contribution is -0.106. The Bertz CT molecular complexity index is 222. The Balaban J connectivity index is 2.89. The van der Waals surface area contributed by atoms with Crippen molar-refractivity contribution in [1.29, 1.82) is 0 Å². The number of carbonyl (C=O) groups excluding carboxylic acids is 1. The molecule has 0 aromatic carbocycles. The highest BCUT2D eigenvalue weighted by Crippen LogP contribution is 2.19. The number of aldehydes is 1. The minimum Gasteiger partial charge on any atom is -0.362 e. The monoisotopic (exact) mass is 265 g/mol. The van der Waals surface area contributed by atoms with Crippen molar-refractivity contribution in [2.24, 2.45) is 0 Å². The molecule has 1 atom stereocenters. The molecule has 0 saturated carbocycles. The molecule has 11 heavy (non-hydrogen) atoms. The average Bonchev–Trinajstić information content (AvgIpc) is 2.04. The van der Waals surface area contributed by atoms with E-state index in [0.29, 0.717) is 5.57 Å². The quantitative estimate of drug-likeness (QED) is 0.597. The number of halogens is 1. The van der Waals surface area contributed by atoms with Gasteiger partial charge in [0.25, 0.3) is 0 Å². The van der Waals surface area contributed by atoms with E-state index in [9.17, 15) is 4.79 Å². The standard InChI is InChI=1S/C7H8INO2/c1-11-7-5(4-10)6(8)2-3-9-7/h2-4,7,9H,1H3. The Morgan fingerprint density at radius 2 is 2.55 bits per heavy atom. The normalized spacial score (nSPS) is 23.3. The van der Waals surface area contributed by atoms with Crippen LogP contribution in [-0.4, -0.2) is 19.6 Å². The molecule has 0 amide bonds. The molecule has 4 heteroatoms. The van der Waals surface area contributed by atoms with E-state index in [1.165, 1.54) is 0 Å². The summed E-state index contributed by atoms with van der Waals surface area (Å²) in [7, 11) is 1.56. The van der Waals surface area contributed by atoms with Crippen LogP contribution in [0.15, 0.2) is 21.4 Å². The number of ether oxygens (including phenoxy) is 1. The van der Waals surface area contributed by atoms with Crippen molar-refractivity contribution in [2.45, 2.75) is 6.23 Å². The molecule has 0 aromatic rings. The highest BCUT2D eigenvalue weighted by molar-refractivity contribution is 14.1. The Labute approximate surface area is 78.6 Å². The van der Waals surface area contributed by atoms with E-state index in [0.717, 1.165) is 9.87 Å². The maximum absolute atomic E-state index is 10.5. The number of rotatable bonds is 2. The maximum atomic E-state index is 10.5. The first kappa shape index (κ1) is 8.73. The summed E-state index contributed by atoms with van der Waals surface area (Å²) in [5.41, 5.74) is 0.649. The molecule has 1 rings (SSSR count). The zero-order valence-electron chi connectivity index (χ0n) is 6.00. The Morgan fingerprint density at radius 3 is 3.00 bits per heavy atom. The third-order valence-electron chi connectivity index (χ3n) is 1.40. The van der Waals surface area contributed by atoms with Crippen molar-refractivity contribution in [3.05, 3.63) is 21.4 Å². The molecule has 0 fully saturated rings. The van der Waals surface area contributed by atoms with E-state index in [-0.39, 0.29) is 6.23 Å². The first-order valence-corrected chi connectivity index (χ1v) is 4.17. The molecule has 1 aliphatic heterocycles. The fourth-order valence-electron chi connectivity index (χ4n) is 0.833. The van der Waals surface area contributed by atoms with Crippen LogP contribution in [0.3, 0.4) is 0 Å². The molecular formula is C7H8INO2. The number of hydrogen-bond acceptors (Lipinski definition) is 3. The van der Waals surface area contributed by atoms with Crippen molar-refractivity contribution in [3.63, 3.8) is 0 Å². The van der Waals surface area contributed by atoms with Gasteiger partial charge in [0.15, 0.2) is 12.5 Å². The Morgan fingerprint density at radius 1 is 1.82 bits per heavy atom. The minimum absolute atomic E-state index is 0.288. The zero-order valence-corrected chi connectivity index (χ0v) is 8.16. The van der Waals surface area contributed by atoms with Crippen LogP contribution in [-0.2, 0) is 9.53 Å². The SMILES string of the molecule is COC1NC=CC(I)=C1C=O. The predicted octanol–water partition coefficient (Wildman–Crippen LogP) is 0.964. The number of allylic oxidation sites excluding steroid dienone is 2. The minimum atomic E-state index is -0.288. The van der Waals surface area contributed by atoms with Gasteiger partial charge in [0.05, 0.1) is 5.57 Å². The summed E-state index contributed by atoms with van der Waals surface area (Å²) >= 11 is 2.10. The second-order valence-corrected chi connectivity index (χ2v) is 3.20. The van der Waals surface area contributed by atoms with E-state index in [1.807, 2.05) is 6.08 Å². The van der Waals surface area contributed by atoms with Crippen molar-refractivity contribution in [2.75, 3.05) is 7.11 Å². The van der Waals surface area contributed by atoms with Gasteiger partial charge in [-0.05, 0) is 34.9 Å². The fraction of sp³-hybridized carbons (Fsp3) is 0.286. The van der Waals surface area contributed by atoms with Crippen LogP contribution in [0, 0.1) is 0 Å². The zero-order chi connectivity index (χ0) is 8.27. The molecule has 1 unspecified atom stereocenters. The molecule has 1 N–H and O–H groups in total. The third-order valence-corrected chi connectivity index (χ3v) is 2.38. The number of hydrogen-bond donors (Lipinski definition) is 1. The van der Waals surface area contributed by atoms with Crippen molar-refractivity contribution < 1.29 is 9.53 Å². The fourth-order valence-corrected chi connectivity index (χ4v) is 1.42.